The third kappa shape index (κ3) is 2.03. The maximum absolute atomic E-state index is 12.4. The van der Waals surface area contributed by atoms with E-state index in [9.17, 15) is 4.79 Å². The molecule has 1 aromatic heterocycles. The normalized spacial score (nSPS) is 28.4. The molecule has 0 aromatic carbocycles. The Kier molecular flexibility index (Phi) is 2.86. The van der Waals surface area contributed by atoms with Crippen LogP contribution in [0.3, 0.4) is 0 Å². The zero-order chi connectivity index (χ0) is 12.7. The van der Waals surface area contributed by atoms with Crippen LogP contribution in [0.2, 0.25) is 0 Å². The molecule has 1 saturated carbocycles. The highest BCUT2D eigenvalue weighted by Crippen LogP contribution is 2.39. The number of hydrogen-bond donors (Lipinski definition) is 2. The molecule has 1 amide bonds. The first-order valence-corrected chi connectivity index (χ1v) is 6.76. The lowest BCUT2D eigenvalue weighted by Gasteiger charge is -2.38. The summed E-state index contributed by atoms with van der Waals surface area (Å²) < 4.78 is 0. The number of hydrogen-bond acceptors (Lipinski definition) is 3. The van der Waals surface area contributed by atoms with Crippen molar-refractivity contribution in [2.45, 2.75) is 44.7 Å². The number of carbonyl (C=O) groups excluding carboxylic acids is 1. The Labute approximate surface area is 107 Å². The zero-order valence-electron chi connectivity index (χ0n) is 10.9. The molecule has 2 heterocycles. The molecule has 2 fully saturated rings. The van der Waals surface area contributed by atoms with Gasteiger partial charge in [-0.15, -0.1) is 0 Å². The van der Waals surface area contributed by atoms with E-state index in [0.717, 1.165) is 18.8 Å². The van der Waals surface area contributed by atoms with Crippen molar-refractivity contribution in [3.05, 3.63) is 17.5 Å². The maximum atomic E-state index is 12.4. The molecule has 5 nitrogen and oxygen atoms in total. The quantitative estimate of drug-likeness (QED) is 0.824. The van der Waals surface area contributed by atoms with Gasteiger partial charge in [0.2, 0.25) is 0 Å². The van der Waals surface area contributed by atoms with Gasteiger partial charge >= 0.3 is 0 Å². The van der Waals surface area contributed by atoms with Gasteiger partial charge in [-0.05, 0) is 32.8 Å². The number of aromatic nitrogens is 2. The summed E-state index contributed by atoms with van der Waals surface area (Å²) in [6, 6.07) is 2.48. The average Bonchev–Trinajstić information content (AvgIpc) is 3.10. The summed E-state index contributed by atoms with van der Waals surface area (Å²) in [5.74, 6) is 0.664. The lowest BCUT2D eigenvalue weighted by atomic mass is 10.1. The molecule has 0 radical (unpaired) electrons. The predicted octanol–water partition coefficient (Wildman–Crippen LogP) is 1.11. The Morgan fingerprint density at radius 1 is 1.44 bits per heavy atom. The molecule has 2 aliphatic rings. The number of piperazine rings is 1. The lowest BCUT2D eigenvalue weighted by molar-refractivity contribution is 0.0597. The van der Waals surface area contributed by atoms with E-state index in [4.69, 9.17) is 0 Å². The predicted molar refractivity (Wildman–Crippen MR) is 68.5 cm³/mol. The first kappa shape index (κ1) is 11.7. The van der Waals surface area contributed by atoms with Gasteiger partial charge in [0, 0.05) is 36.8 Å². The minimum atomic E-state index is 0.0546. The highest BCUT2D eigenvalue weighted by molar-refractivity contribution is 5.92. The number of amides is 1. The second-order valence-electron chi connectivity index (χ2n) is 5.46. The Morgan fingerprint density at radius 2 is 2.22 bits per heavy atom. The molecule has 0 bridgehead atoms. The summed E-state index contributed by atoms with van der Waals surface area (Å²) in [5.41, 5.74) is 1.69. The number of nitrogens with zero attached hydrogens (tertiary/aromatic N) is 2. The summed E-state index contributed by atoms with van der Waals surface area (Å²) in [5, 5.41) is 10.6. The molecular formula is C13H20N4O. The van der Waals surface area contributed by atoms with Crippen molar-refractivity contribution in [3.63, 3.8) is 0 Å². The van der Waals surface area contributed by atoms with E-state index in [1.165, 1.54) is 12.8 Å². The molecule has 98 valence electrons. The standard InChI is InChI=1S/C13H20N4O/c1-8-9(2)17(6-5-14-8)13(18)12-7-11(15-16-12)10-3-4-10/h7-10,14H,3-6H2,1-2H3,(H,15,16). The van der Waals surface area contributed by atoms with Crippen LogP contribution >= 0.6 is 0 Å². The molecular weight excluding hydrogens is 228 g/mol. The number of H-pyrrole nitrogens is 1. The van der Waals surface area contributed by atoms with Crippen LogP contribution in [-0.2, 0) is 0 Å². The topological polar surface area (TPSA) is 61.0 Å². The first-order chi connectivity index (χ1) is 8.66. The molecule has 2 atom stereocenters. The van der Waals surface area contributed by atoms with Gasteiger partial charge in [0.15, 0.2) is 0 Å². The van der Waals surface area contributed by atoms with E-state index in [1.54, 1.807) is 0 Å². The van der Waals surface area contributed by atoms with Crippen molar-refractivity contribution in [1.29, 1.82) is 0 Å². The van der Waals surface area contributed by atoms with E-state index in [1.807, 2.05) is 11.0 Å². The number of carbonyl (C=O) groups is 1. The van der Waals surface area contributed by atoms with Gasteiger partial charge in [-0.3, -0.25) is 9.89 Å². The summed E-state index contributed by atoms with van der Waals surface area (Å²) in [7, 11) is 0. The summed E-state index contributed by atoms with van der Waals surface area (Å²) in [6.45, 7) is 5.82. The van der Waals surface area contributed by atoms with Crippen molar-refractivity contribution in [2.75, 3.05) is 13.1 Å². The van der Waals surface area contributed by atoms with E-state index < -0.39 is 0 Å². The molecule has 5 heteroatoms. The molecule has 1 aliphatic heterocycles. The summed E-state index contributed by atoms with van der Waals surface area (Å²) in [4.78, 5) is 14.4. The van der Waals surface area contributed by atoms with Crippen molar-refractivity contribution in [1.82, 2.24) is 20.4 Å². The lowest BCUT2D eigenvalue weighted by Crippen LogP contribution is -2.57. The third-order valence-electron chi connectivity index (χ3n) is 4.13. The molecule has 3 rings (SSSR count). The van der Waals surface area contributed by atoms with Gasteiger partial charge in [0.05, 0.1) is 0 Å². The van der Waals surface area contributed by atoms with Crippen LogP contribution in [0, 0.1) is 0 Å². The van der Waals surface area contributed by atoms with Crippen LogP contribution in [0.25, 0.3) is 0 Å². The molecule has 2 unspecified atom stereocenters. The fourth-order valence-electron chi connectivity index (χ4n) is 2.54. The van der Waals surface area contributed by atoms with Crippen LogP contribution in [0.1, 0.15) is 48.8 Å². The van der Waals surface area contributed by atoms with Crippen molar-refractivity contribution in [2.24, 2.45) is 0 Å². The van der Waals surface area contributed by atoms with Crippen molar-refractivity contribution in [3.8, 4) is 0 Å². The third-order valence-corrected chi connectivity index (χ3v) is 4.13. The molecule has 1 aromatic rings. The van der Waals surface area contributed by atoms with Gasteiger partial charge in [-0.25, -0.2) is 0 Å². The zero-order valence-corrected chi connectivity index (χ0v) is 10.9. The van der Waals surface area contributed by atoms with Crippen molar-refractivity contribution >= 4 is 5.91 Å². The van der Waals surface area contributed by atoms with Gasteiger partial charge in [0.25, 0.3) is 5.91 Å². The minimum absolute atomic E-state index is 0.0546. The Bertz CT molecular complexity index is 452. The highest BCUT2D eigenvalue weighted by atomic mass is 16.2. The fraction of sp³-hybridized carbons (Fsp3) is 0.692. The number of rotatable bonds is 2. The SMILES string of the molecule is CC1NCCN(C(=O)c2cc(C3CC3)[nH]n2)C1C. The van der Waals surface area contributed by atoms with Crippen molar-refractivity contribution < 1.29 is 4.79 Å². The Balaban J connectivity index is 1.75. The summed E-state index contributed by atoms with van der Waals surface area (Å²) in [6.07, 6.45) is 2.44. The van der Waals surface area contributed by atoms with Crippen LogP contribution in [0.5, 0.6) is 0 Å². The van der Waals surface area contributed by atoms with Crippen LogP contribution in [-0.4, -0.2) is 46.2 Å². The molecule has 1 aliphatic carbocycles. The van der Waals surface area contributed by atoms with Gasteiger partial charge < -0.3 is 10.2 Å². The van der Waals surface area contributed by atoms with E-state index in [0.29, 0.717) is 17.7 Å². The molecule has 18 heavy (non-hydrogen) atoms. The second-order valence-corrected chi connectivity index (χ2v) is 5.46. The molecule has 1 saturated heterocycles. The smallest absolute Gasteiger partial charge is 0.274 e. The van der Waals surface area contributed by atoms with Gasteiger partial charge in [0.1, 0.15) is 5.69 Å². The fourth-order valence-corrected chi connectivity index (χ4v) is 2.54. The van der Waals surface area contributed by atoms with E-state index in [2.05, 4.69) is 29.4 Å². The van der Waals surface area contributed by atoms with Crippen LogP contribution in [0.15, 0.2) is 6.07 Å². The van der Waals surface area contributed by atoms with E-state index >= 15 is 0 Å². The van der Waals surface area contributed by atoms with Gasteiger partial charge in [-0.1, -0.05) is 0 Å². The number of aromatic amines is 1. The van der Waals surface area contributed by atoms with Crippen LogP contribution < -0.4 is 5.32 Å². The maximum Gasteiger partial charge on any atom is 0.274 e. The number of nitrogens with one attached hydrogen (secondary N) is 2. The minimum Gasteiger partial charge on any atom is -0.332 e. The Hall–Kier alpha value is -1.36. The van der Waals surface area contributed by atoms with Gasteiger partial charge in [-0.2, -0.15) is 5.10 Å². The van der Waals surface area contributed by atoms with E-state index in [-0.39, 0.29) is 11.9 Å². The largest absolute Gasteiger partial charge is 0.332 e. The highest BCUT2D eigenvalue weighted by Gasteiger charge is 2.31. The molecule has 0 spiro atoms. The molecule has 2 N–H and O–H groups in total. The van der Waals surface area contributed by atoms with Crippen LogP contribution in [0.4, 0.5) is 0 Å². The Morgan fingerprint density at radius 3 is 2.94 bits per heavy atom. The summed E-state index contributed by atoms with van der Waals surface area (Å²) >= 11 is 0. The second kappa shape index (κ2) is 4.39. The monoisotopic (exact) mass is 248 g/mol. The average molecular weight is 248 g/mol. The first-order valence-electron chi connectivity index (χ1n) is 6.76.